The minimum Gasteiger partial charge on any atom is -0.378 e. The molecule has 1 aromatic heterocycles. The molecule has 3 heteroatoms. The Morgan fingerprint density at radius 1 is 0.850 bits per heavy atom. The van der Waals surface area contributed by atoms with Gasteiger partial charge in [0.15, 0.2) is 0 Å². The first-order valence-corrected chi connectivity index (χ1v) is 7.02. The molecular formula is C17H16N2O. The minimum absolute atomic E-state index is 0.809. The van der Waals surface area contributed by atoms with Crippen molar-refractivity contribution in [1.82, 2.24) is 4.98 Å². The number of para-hydroxylation sites is 1. The molecule has 0 radical (unpaired) electrons. The number of aromatic nitrogens is 1. The first-order valence-electron chi connectivity index (χ1n) is 7.02. The number of anilines is 1. The molecule has 4 rings (SSSR count). The fourth-order valence-electron chi connectivity index (χ4n) is 2.78. The van der Waals surface area contributed by atoms with Crippen molar-refractivity contribution in [3.05, 3.63) is 48.5 Å². The number of hydrogen-bond donors (Lipinski definition) is 0. The molecule has 2 aromatic carbocycles. The molecule has 0 unspecified atom stereocenters. The summed E-state index contributed by atoms with van der Waals surface area (Å²) in [6, 6.07) is 17.0. The van der Waals surface area contributed by atoms with Crippen LogP contribution >= 0.6 is 0 Å². The van der Waals surface area contributed by atoms with E-state index in [9.17, 15) is 0 Å². The molecule has 0 spiro atoms. The normalized spacial score (nSPS) is 15.9. The molecule has 100 valence electrons. The highest BCUT2D eigenvalue weighted by atomic mass is 16.5. The monoisotopic (exact) mass is 264 g/mol. The van der Waals surface area contributed by atoms with Crippen LogP contribution in [0.15, 0.2) is 48.5 Å². The summed E-state index contributed by atoms with van der Waals surface area (Å²) in [5, 5.41) is 2.39. The second-order valence-corrected chi connectivity index (χ2v) is 5.16. The van der Waals surface area contributed by atoms with Crippen molar-refractivity contribution >= 4 is 27.5 Å². The first-order chi connectivity index (χ1) is 9.90. The van der Waals surface area contributed by atoms with Gasteiger partial charge in [-0.15, -0.1) is 0 Å². The lowest BCUT2D eigenvalue weighted by atomic mass is 10.1. The van der Waals surface area contributed by atoms with Gasteiger partial charge in [0.25, 0.3) is 0 Å². The zero-order chi connectivity index (χ0) is 13.4. The SMILES string of the molecule is c1ccc2nc3cc(N4CCOCC4)ccc3cc2c1. The number of benzene rings is 2. The summed E-state index contributed by atoms with van der Waals surface area (Å²) in [4.78, 5) is 7.14. The van der Waals surface area contributed by atoms with E-state index in [2.05, 4.69) is 47.4 Å². The lowest BCUT2D eigenvalue weighted by Crippen LogP contribution is -2.36. The Morgan fingerprint density at radius 2 is 1.65 bits per heavy atom. The van der Waals surface area contributed by atoms with Gasteiger partial charge in [-0.25, -0.2) is 4.98 Å². The van der Waals surface area contributed by atoms with Crippen molar-refractivity contribution in [3.8, 4) is 0 Å². The molecule has 1 fully saturated rings. The standard InChI is InChI=1S/C17H16N2O/c1-2-4-16-13(3-1)11-14-5-6-15(12-17(14)18-16)19-7-9-20-10-8-19/h1-6,11-12H,7-10H2. The fourth-order valence-corrected chi connectivity index (χ4v) is 2.78. The van der Waals surface area contributed by atoms with Crippen molar-refractivity contribution in [2.24, 2.45) is 0 Å². The Bertz CT molecular complexity index is 763. The molecule has 0 N–H and O–H groups in total. The average Bonchev–Trinajstić information content (AvgIpc) is 2.53. The second kappa shape index (κ2) is 4.76. The van der Waals surface area contributed by atoms with Crippen LogP contribution in [0.25, 0.3) is 21.8 Å². The molecule has 3 aromatic rings. The van der Waals surface area contributed by atoms with Crippen molar-refractivity contribution in [2.45, 2.75) is 0 Å². The average molecular weight is 264 g/mol. The molecule has 20 heavy (non-hydrogen) atoms. The third-order valence-electron chi connectivity index (χ3n) is 3.88. The third kappa shape index (κ3) is 2.00. The minimum atomic E-state index is 0.809. The van der Waals surface area contributed by atoms with Crippen LogP contribution in [0.2, 0.25) is 0 Å². The highest BCUT2D eigenvalue weighted by Gasteiger charge is 2.11. The Morgan fingerprint density at radius 3 is 2.55 bits per heavy atom. The molecule has 0 amide bonds. The smallest absolute Gasteiger partial charge is 0.0730 e. The van der Waals surface area contributed by atoms with Gasteiger partial charge < -0.3 is 9.64 Å². The van der Waals surface area contributed by atoms with E-state index in [0.29, 0.717) is 0 Å². The van der Waals surface area contributed by atoms with Crippen LogP contribution in [0.3, 0.4) is 0 Å². The molecule has 3 nitrogen and oxygen atoms in total. The number of ether oxygens (including phenoxy) is 1. The van der Waals surface area contributed by atoms with Crippen LogP contribution in [0.1, 0.15) is 0 Å². The lowest BCUT2D eigenvalue weighted by molar-refractivity contribution is 0.122. The third-order valence-corrected chi connectivity index (χ3v) is 3.88. The predicted octanol–water partition coefficient (Wildman–Crippen LogP) is 3.22. The predicted molar refractivity (Wildman–Crippen MR) is 82.3 cm³/mol. The summed E-state index contributed by atoms with van der Waals surface area (Å²) in [6.07, 6.45) is 0. The van der Waals surface area contributed by atoms with Gasteiger partial charge >= 0.3 is 0 Å². The summed E-state index contributed by atoms with van der Waals surface area (Å²) in [6.45, 7) is 3.53. The lowest BCUT2D eigenvalue weighted by Gasteiger charge is -2.28. The summed E-state index contributed by atoms with van der Waals surface area (Å²) < 4.78 is 5.41. The number of hydrogen-bond acceptors (Lipinski definition) is 3. The Kier molecular flexibility index (Phi) is 2.78. The van der Waals surface area contributed by atoms with Gasteiger partial charge in [0.1, 0.15) is 0 Å². The molecule has 2 heterocycles. The molecule has 1 aliphatic rings. The molecule has 1 aliphatic heterocycles. The molecule has 1 saturated heterocycles. The molecule has 0 aliphatic carbocycles. The number of fused-ring (bicyclic) bond motifs is 2. The summed E-state index contributed by atoms with van der Waals surface area (Å²) in [5.41, 5.74) is 3.36. The van der Waals surface area contributed by atoms with E-state index in [1.807, 2.05) is 6.07 Å². The Labute approximate surface area is 117 Å². The summed E-state index contributed by atoms with van der Waals surface area (Å²) >= 11 is 0. The van der Waals surface area contributed by atoms with Gasteiger partial charge in [0.2, 0.25) is 0 Å². The van der Waals surface area contributed by atoms with E-state index in [1.54, 1.807) is 0 Å². The van der Waals surface area contributed by atoms with E-state index in [1.165, 1.54) is 16.5 Å². The van der Waals surface area contributed by atoms with Gasteiger partial charge in [-0.2, -0.15) is 0 Å². The molecule has 0 saturated carbocycles. The molecule has 0 atom stereocenters. The Hall–Kier alpha value is -2.13. The highest BCUT2D eigenvalue weighted by Crippen LogP contribution is 2.24. The topological polar surface area (TPSA) is 25.4 Å². The van der Waals surface area contributed by atoms with Crippen LogP contribution in [-0.4, -0.2) is 31.3 Å². The van der Waals surface area contributed by atoms with Crippen LogP contribution in [-0.2, 0) is 4.74 Å². The first kappa shape index (κ1) is 11.7. The van der Waals surface area contributed by atoms with Gasteiger partial charge in [0, 0.05) is 29.5 Å². The fraction of sp³-hybridized carbons (Fsp3) is 0.235. The van der Waals surface area contributed by atoms with E-state index >= 15 is 0 Å². The number of rotatable bonds is 1. The zero-order valence-corrected chi connectivity index (χ0v) is 11.2. The number of pyridine rings is 1. The van der Waals surface area contributed by atoms with E-state index < -0.39 is 0 Å². The maximum atomic E-state index is 5.41. The van der Waals surface area contributed by atoms with Gasteiger partial charge in [-0.3, -0.25) is 0 Å². The van der Waals surface area contributed by atoms with Crippen molar-refractivity contribution in [3.63, 3.8) is 0 Å². The van der Waals surface area contributed by atoms with E-state index in [-0.39, 0.29) is 0 Å². The van der Waals surface area contributed by atoms with E-state index in [0.717, 1.165) is 37.3 Å². The van der Waals surface area contributed by atoms with Crippen molar-refractivity contribution < 1.29 is 4.74 Å². The van der Waals surface area contributed by atoms with Gasteiger partial charge in [-0.1, -0.05) is 24.3 Å². The van der Waals surface area contributed by atoms with Crippen LogP contribution in [0.5, 0.6) is 0 Å². The van der Waals surface area contributed by atoms with Gasteiger partial charge in [0.05, 0.1) is 24.2 Å². The van der Waals surface area contributed by atoms with Crippen LogP contribution in [0, 0.1) is 0 Å². The maximum Gasteiger partial charge on any atom is 0.0730 e. The van der Waals surface area contributed by atoms with E-state index in [4.69, 9.17) is 9.72 Å². The highest BCUT2D eigenvalue weighted by molar-refractivity contribution is 5.93. The Balaban J connectivity index is 1.83. The largest absolute Gasteiger partial charge is 0.378 e. The quantitative estimate of drug-likeness (QED) is 0.631. The zero-order valence-electron chi connectivity index (χ0n) is 11.2. The molecule has 0 bridgehead atoms. The van der Waals surface area contributed by atoms with Crippen LogP contribution < -0.4 is 4.90 Å². The summed E-state index contributed by atoms with van der Waals surface area (Å²) in [7, 11) is 0. The summed E-state index contributed by atoms with van der Waals surface area (Å²) in [5.74, 6) is 0. The number of nitrogens with zero attached hydrogens (tertiary/aromatic N) is 2. The van der Waals surface area contributed by atoms with Crippen molar-refractivity contribution in [1.29, 1.82) is 0 Å². The number of morpholine rings is 1. The second-order valence-electron chi connectivity index (χ2n) is 5.16. The van der Waals surface area contributed by atoms with Gasteiger partial charge in [-0.05, 0) is 24.3 Å². The van der Waals surface area contributed by atoms with Crippen molar-refractivity contribution in [2.75, 3.05) is 31.2 Å². The maximum absolute atomic E-state index is 5.41. The van der Waals surface area contributed by atoms with Crippen LogP contribution in [0.4, 0.5) is 5.69 Å². The molecular weight excluding hydrogens is 248 g/mol.